The van der Waals surface area contributed by atoms with E-state index < -0.39 is 0 Å². The summed E-state index contributed by atoms with van der Waals surface area (Å²) in [7, 11) is 1.71. The van der Waals surface area contributed by atoms with Gasteiger partial charge in [-0.25, -0.2) is 0 Å². The molecular formula is C17H25NO2. The monoisotopic (exact) mass is 275 g/mol. The van der Waals surface area contributed by atoms with Crippen molar-refractivity contribution in [2.24, 2.45) is 5.92 Å². The van der Waals surface area contributed by atoms with Crippen LogP contribution in [0.5, 0.6) is 11.5 Å². The van der Waals surface area contributed by atoms with Crippen LogP contribution in [0.1, 0.15) is 44.1 Å². The van der Waals surface area contributed by atoms with Crippen molar-refractivity contribution in [3.8, 4) is 11.5 Å². The number of ether oxygens (including phenoxy) is 2. The van der Waals surface area contributed by atoms with Crippen molar-refractivity contribution < 1.29 is 9.47 Å². The van der Waals surface area contributed by atoms with Crippen LogP contribution >= 0.6 is 0 Å². The zero-order valence-corrected chi connectivity index (χ0v) is 12.4. The summed E-state index contributed by atoms with van der Waals surface area (Å²) < 4.78 is 11.4. The van der Waals surface area contributed by atoms with Crippen LogP contribution in [0, 0.1) is 5.92 Å². The minimum atomic E-state index is 0.722. The highest BCUT2D eigenvalue weighted by atomic mass is 16.5. The van der Waals surface area contributed by atoms with Crippen LogP contribution < -0.4 is 14.8 Å². The Balaban J connectivity index is 1.63. The molecule has 1 N–H and O–H groups in total. The van der Waals surface area contributed by atoms with Crippen molar-refractivity contribution in [2.45, 2.75) is 51.1 Å². The molecule has 1 aromatic carbocycles. The van der Waals surface area contributed by atoms with Crippen molar-refractivity contribution in [1.29, 1.82) is 0 Å². The van der Waals surface area contributed by atoms with E-state index in [9.17, 15) is 0 Å². The topological polar surface area (TPSA) is 30.5 Å². The molecule has 3 heteroatoms. The molecule has 0 radical (unpaired) electrons. The van der Waals surface area contributed by atoms with E-state index in [-0.39, 0.29) is 0 Å². The van der Waals surface area contributed by atoms with Crippen molar-refractivity contribution >= 4 is 0 Å². The van der Waals surface area contributed by atoms with E-state index in [1.807, 2.05) is 12.1 Å². The van der Waals surface area contributed by atoms with Crippen LogP contribution in [0.3, 0.4) is 0 Å². The maximum Gasteiger partial charge on any atom is 0.127 e. The van der Waals surface area contributed by atoms with Crippen molar-refractivity contribution in [3.63, 3.8) is 0 Å². The molecule has 2 aliphatic carbocycles. The Morgan fingerprint density at radius 2 is 1.95 bits per heavy atom. The summed E-state index contributed by atoms with van der Waals surface area (Å²) in [5.74, 6) is 2.61. The molecule has 3 nitrogen and oxygen atoms in total. The summed E-state index contributed by atoms with van der Waals surface area (Å²) in [6.45, 7) is 1.75. The molecular weight excluding hydrogens is 250 g/mol. The van der Waals surface area contributed by atoms with E-state index in [1.54, 1.807) is 7.11 Å². The summed E-state index contributed by atoms with van der Waals surface area (Å²) in [5, 5.41) is 3.56. The van der Waals surface area contributed by atoms with Crippen LogP contribution in [0.25, 0.3) is 0 Å². The van der Waals surface area contributed by atoms with Crippen LogP contribution in [0.15, 0.2) is 18.2 Å². The normalized spacial score (nSPS) is 19.2. The highest BCUT2D eigenvalue weighted by Gasteiger charge is 2.21. The molecule has 20 heavy (non-hydrogen) atoms. The Morgan fingerprint density at radius 3 is 2.65 bits per heavy atom. The number of nitrogens with one attached hydrogen (secondary N) is 1. The van der Waals surface area contributed by atoms with E-state index in [4.69, 9.17) is 9.47 Å². The zero-order chi connectivity index (χ0) is 13.8. The van der Waals surface area contributed by atoms with Gasteiger partial charge >= 0.3 is 0 Å². The molecule has 0 unspecified atom stereocenters. The summed E-state index contributed by atoms with van der Waals surface area (Å²) >= 11 is 0. The Morgan fingerprint density at radius 1 is 1.15 bits per heavy atom. The third kappa shape index (κ3) is 3.66. The molecule has 0 atom stereocenters. The van der Waals surface area contributed by atoms with Gasteiger partial charge in [0.2, 0.25) is 0 Å². The molecule has 1 aromatic rings. The maximum absolute atomic E-state index is 6.10. The minimum absolute atomic E-state index is 0.722. The molecule has 0 saturated heterocycles. The fourth-order valence-electron chi connectivity index (χ4n) is 2.87. The number of hydrogen-bond acceptors (Lipinski definition) is 3. The van der Waals surface area contributed by atoms with E-state index in [0.29, 0.717) is 0 Å². The second-order valence-electron chi connectivity index (χ2n) is 6.09. The standard InChI is InChI=1S/C17H25NO2/c1-19-16-9-6-14(11-18-15-7-8-15)17(10-16)20-12-13-4-2-3-5-13/h6,9-10,13,15,18H,2-5,7-8,11-12H2,1H3. The molecule has 0 aromatic heterocycles. The summed E-state index contributed by atoms with van der Waals surface area (Å²) in [4.78, 5) is 0. The summed E-state index contributed by atoms with van der Waals surface area (Å²) in [5.41, 5.74) is 1.25. The van der Waals surface area contributed by atoms with Crippen molar-refractivity contribution in [3.05, 3.63) is 23.8 Å². The van der Waals surface area contributed by atoms with Gasteiger partial charge in [0, 0.05) is 24.2 Å². The predicted octanol–water partition coefficient (Wildman–Crippen LogP) is 3.52. The first-order valence-electron chi connectivity index (χ1n) is 7.88. The number of benzene rings is 1. The number of rotatable bonds is 7. The predicted molar refractivity (Wildman–Crippen MR) is 80.3 cm³/mol. The molecule has 0 heterocycles. The molecule has 0 aliphatic heterocycles. The van der Waals surface area contributed by atoms with Crippen LogP contribution in [0.2, 0.25) is 0 Å². The fourth-order valence-corrected chi connectivity index (χ4v) is 2.87. The third-order valence-corrected chi connectivity index (χ3v) is 4.38. The molecule has 2 saturated carbocycles. The number of methoxy groups -OCH3 is 1. The average Bonchev–Trinajstić information content (AvgIpc) is 3.17. The lowest BCUT2D eigenvalue weighted by atomic mass is 10.1. The van der Waals surface area contributed by atoms with Gasteiger partial charge in [-0.05, 0) is 37.7 Å². The van der Waals surface area contributed by atoms with E-state index in [1.165, 1.54) is 44.1 Å². The van der Waals surface area contributed by atoms with Gasteiger partial charge in [0.15, 0.2) is 0 Å². The van der Waals surface area contributed by atoms with Crippen LogP contribution in [-0.4, -0.2) is 19.8 Å². The average molecular weight is 275 g/mol. The van der Waals surface area contributed by atoms with E-state index in [2.05, 4.69) is 11.4 Å². The largest absolute Gasteiger partial charge is 0.497 e. The van der Waals surface area contributed by atoms with E-state index >= 15 is 0 Å². The SMILES string of the molecule is COc1ccc(CNC2CC2)c(OCC2CCCC2)c1. The molecule has 110 valence electrons. The van der Waals surface area contributed by atoms with Gasteiger partial charge in [-0.1, -0.05) is 18.9 Å². The second-order valence-corrected chi connectivity index (χ2v) is 6.09. The zero-order valence-electron chi connectivity index (χ0n) is 12.4. The lowest BCUT2D eigenvalue weighted by molar-refractivity contribution is 0.248. The molecule has 0 bridgehead atoms. The molecule has 0 amide bonds. The Bertz CT molecular complexity index is 437. The maximum atomic E-state index is 6.10. The minimum Gasteiger partial charge on any atom is -0.497 e. The Labute approximate surface area is 121 Å². The van der Waals surface area contributed by atoms with Crippen LogP contribution in [-0.2, 0) is 6.54 Å². The van der Waals surface area contributed by atoms with Gasteiger partial charge in [-0.3, -0.25) is 0 Å². The molecule has 0 spiro atoms. The first-order chi connectivity index (χ1) is 9.85. The molecule has 2 fully saturated rings. The number of hydrogen-bond donors (Lipinski definition) is 1. The van der Waals surface area contributed by atoms with Gasteiger partial charge in [-0.2, -0.15) is 0 Å². The highest BCUT2D eigenvalue weighted by Crippen LogP contribution is 2.29. The van der Waals surface area contributed by atoms with Crippen molar-refractivity contribution in [2.75, 3.05) is 13.7 Å². The van der Waals surface area contributed by atoms with Gasteiger partial charge in [0.1, 0.15) is 11.5 Å². The van der Waals surface area contributed by atoms with Crippen LogP contribution in [0.4, 0.5) is 0 Å². The lowest BCUT2D eigenvalue weighted by Crippen LogP contribution is -2.17. The van der Waals surface area contributed by atoms with Crippen molar-refractivity contribution in [1.82, 2.24) is 5.32 Å². The first-order valence-corrected chi connectivity index (χ1v) is 7.88. The van der Waals surface area contributed by atoms with Gasteiger partial charge < -0.3 is 14.8 Å². The highest BCUT2D eigenvalue weighted by molar-refractivity contribution is 5.40. The first kappa shape index (κ1) is 13.7. The summed E-state index contributed by atoms with van der Waals surface area (Å²) in [6, 6.07) is 6.89. The Kier molecular flexibility index (Phi) is 4.46. The van der Waals surface area contributed by atoms with Gasteiger partial charge in [0.25, 0.3) is 0 Å². The van der Waals surface area contributed by atoms with Gasteiger partial charge in [0.05, 0.1) is 13.7 Å². The second kappa shape index (κ2) is 6.49. The summed E-state index contributed by atoms with van der Waals surface area (Å²) in [6.07, 6.45) is 7.99. The Hall–Kier alpha value is -1.22. The lowest BCUT2D eigenvalue weighted by Gasteiger charge is -2.16. The van der Waals surface area contributed by atoms with E-state index in [0.717, 1.165) is 36.6 Å². The fraction of sp³-hybridized carbons (Fsp3) is 0.647. The molecule has 3 rings (SSSR count). The smallest absolute Gasteiger partial charge is 0.127 e. The molecule has 2 aliphatic rings. The third-order valence-electron chi connectivity index (χ3n) is 4.38. The quantitative estimate of drug-likeness (QED) is 0.826. The van der Waals surface area contributed by atoms with Gasteiger partial charge in [-0.15, -0.1) is 0 Å².